The van der Waals surface area contributed by atoms with Crippen LogP contribution in [-0.4, -0.2) is 18.5 Å². The SMILES string of the molecule is CC1CCCCN1c1ccc(NC(=O)Cc2ccccc2)cc1. The molecule has 1 amide bonds. The molecule has 3 rings (SSSR count). The van der Waals surface area contributed by atoms with E-state index in [9.17, 15) is 4.79 Å². The lowest BCUT2D eigenvalue weighted by Crippen LogP contribution is -2.37. The number of hydrogen-bond donors (Lipinski definition) is 1. The van der Waals surface area contributed by atoms with Gasteiger partial charge in [0.1, 0.15) is 0 Å². The standard InChI is InChI=1S/C20H24N2O/c1-16-7-5-6-14-22(16)19-12-10-18(11-13-19)21-20(23)15-17-8-3-2-4-9-17/h2-4,8-13,16H,5-7,14-15H2,1H3,(H,21,23). The average molecular weight is 308 g/mol. The number of rotatable bonds is 4. The van der Waals surface area contributed by atoms with Gasteiger partial charge in [-0.3, -0.25) is 4.79 Å². The molecule has 1 heterocycles. The summed E-state index contributed by atoms with van der Waals surface area (Å²) in [5.74, 6) is 0.0234. The molecule has 3 nitrogen and oxygen atoms in total. The van der Waals surface area contributed by atoms with Crippen LogP contribution in [0.1, 0.15) is 31.7 Å². The molecule has 23 heavy (non-hydrogen) atoms. The second kappa shape index (κ2) is 7.32. The predicted molar refractivity (Wildman–Crippen MR) is 95.9 cm³/mol. The van der Waals surface area contributed by atoms with Crippen molar-refractivity contribution < 1.29 is 4.79 Å². The topological polar surface area (TPSA) is 32.3 Å². The smallest absolute Gasteiger partial charge is 0.228 e. The second-order valence-electron chi connectivity index (χ2n) is 6.30. The van der Waals surface area contributed by atoms with Crippen molar-refractivity contribution >= 4 is 17.3 Å². The van der Waals surface area contributed by atoms with Crippen LogP contribution in [0.15, 0.2) is 54.6 Å². The molecule has 2 aromatic rings. The molecule has 3 heteroatoms. The van der Waals surface area contributed by atoms with Gasteiger partial charge in [-0.05, 0) is 56.0 Å². The molecule has 2 aromatic carbocycles. The first kappa shape index (κ1) is 15.6. The van der Waals surface area contributed by atoms with Crippen LogP contribution in [0.3, 0.4) is 0 Å². The van der Waals surface area contributed by atoms with Gasteiger partial charge in [0.05, 0.1) is 6.42 Å². The summed E-state index contributed by atoms with van der Waals surface area (Å²) in [5, 5.41) is 2.97. The average Bonchev–Trinajstić information content (AvgIpc) is 2.57. The number of amides is 1. The molecule has 1 N–H and O–H groups in total. The number of nitrogens with zero attached hydrogens (tertiary/aromatic N) is 1. The van der Waals surface area contributed by atoms with E-state index >= 15 is 0 Å². The maximum atomic E-state index is 12.1. The van der Waals surface area contributed by atoms with Gasteiger partial charge in [-0.1, -0.05) is 30.3 Å². The highest BCUT2D eigenvalue weighted by molar-refractivity contribution is 5.92. The lowest BCUT2D eigenvalue weighted by molar-refractivity contribution is -0.115. The summed E-state index contributed by atoms with van der Waals surface area (Å²) >= 11 is 0. The molecule has 1 unspecified atom stereocenters. The Morgan fingerprint density at radius 2 is 1.83 bits per heavy atom. The summed E-state index contributed by atoms with van der Waals surface area (Å²) in [6, 6.07) is 18.6. The molecule has 1 saturated heterocycles. The van der Waals surface area contributed by atoms with Crippen LogP contribution in [0.4, 0.5) is 11.4 Å². The van der Waals surface area contributed by atoms with E-state index in [2.05, 4.69) is 29.3 Å². The van der Waals surface area contributed by atoms with E-state index < -0.39 is 0 Å². The molecule has 0 aliphatic carbocycles. The van der Waals surface area contributed by atoms with E-state index in [0.29, 0.717) is 12.5 Å². The van der Waals surface area contributed by atoms with Gasteiger partial charge in [-0.2, -0.15) is 0 Å². The van der Waals surface area contributed by atoms with Gasteiger partial charge in [-0.15, -0.1) is 0 Å². The summed E-state index contributed by atoms with van der Waals surface area (Å²) in [4.78, 5) is 14.6. The number of hydrogen-bond acceptors (Lipinski definition) is 2. The van der Waals surface area contributed by atoms with Gasteiger partial charge < -0.3 is 10.2 Å². The minimum absolute atomic E-state index is 0.0234. The van der Waals surface area contributed by atoms with Crippen molar-refractivity contribution in [3.8, 4) is 0 Å². The van der Waals surface area contributed by atoms with Crippen LogP contribution in [0.2, 0.25) is 0 Å². The van der Waals surface area contributed by atoms with E-state index in [-0.39, 0.29) is 5.91 Å². The molecule has 0 aromatic heterocycles. The lowest BCUT2D eigenvalue weighted by atomic mass is 10.0. The maximum absolute atomic E-state index is 12.1. The van der Waals surface area contributed by atoms with Gasteiger partial charge in [0.2, 0.25) is 5.91 Å². The molecule has 120 valence electrons. The Hall–Kier alpha value is -2.29. The normalized spacial score (nSPS) is 17.8. The Balaban J connectivity index is 1.60. The second-order valence-corrected chi connectivity index (χ2v) is 6.30. The maximum Gasteiger partial charge on any atom is 0.228 e. The Morgan fingerprint density at radius 3 is 2.52 bits per heavy atom. The Labute approximate surface area is 138 Å². The monoisotopic (exact) mass is 308 g/mol. The van der Waals surface area contributed by atoms with Crippen molar-refractivity contribution in [2.24, 2.45) is 0 Å². The molecule has 0 spiro atoms. The molecule has 1 aliphatic heterocycles. The molecular weight excluding hydrogens is 284 g/mol. The van der Waals surface area contributed by atoms with Crippen LogP contribution in [0.5, 0.6) is 0 Å². The number of nitrogens with one attached hydrogen (secondary N) is 1. The third-order valence-electron chi connectivity index (χ3n) is 4.49. The Kier molecular flexibility index (Phi) is 4.96. The molecular formula is C20H24N2O. The van der Waals surface area contributed by atoms with Crippen molar-refractivity contribution in [3.05, 3.63) is 60.2 Å². The first-order chi connectivity index (χ1) is 11.2. The Bertz CT molecular complexity index is 636. The van der Waals surface area contributed by atoms with Gasteiger partial charge in [0, 0.05) is 24.0 Å². The van der Waals surface area contributed by atoms with Crippen LogP contribution >= 0.6 is 0 Å². The van der Waals surface area contributed by atoms with Crippen molar-refractivity contribution in [2.75, 3.05) is 16.8 Å². The van der Waals surface area contributed by atoms with Gasteiger partial charge >= 0.3 is 0 Å². The number of carbonyl (C=O) groups excluding carboxylic acids is 1. The molecule has 0 saturated carbocycles. The first-order valence-corrected chi connectivity index (χ1v) is 8.43. The zero-order valence-corrected chi connectivity index (χ0v) is 13.7. The van der Waals surface area contributed by atoms with Crippen molar-refractivity contribution in [1.82, 2.24) is 0 Å². The summed E-state index contributed by atoms with van der Waals surface area (Å²) in [5.41, 5.74) is 3.14. The number of benzene rings is 2. The van der Waals surface area contributed by atoms with E-state index in [1.165, 1.54) is 24.9 Å². The fourth-order valence-corrected chi connectivity index (χ4v) is 3.20. The fourth-order valence-electron chi connectivity index (χ4n) is 3.20. The summed E-state index contributed by atoms with van der Waals surface area (Å²) in [6.45, 7) is 3.41. The highest BCUT2D eigenvalue weighted by Gasteiger charge is 2.18. The van der Waals surface area contributed by atoms with Crippen molar-refractivity contribution in [2.45, 2.75) is 38.6 Å². The minimum Gasteiger partial charge on any atom is -0.369 e. The third-order valence-corrected chi connectivity index (χ3v) is 4.49. The van der Waals surface area contributed by atoms with E-state index in [1.807, 2.05) is 42.5 Å². The number of anilines is 2. The van der Waals surface area contributed by atoms with E-state index in [1.54, 1.807) is 0 Å². The summed E-state index contributed by atoms with van der Waals surface area (Å²) in [6.07, 6.45) is 4.26. The van der Waals surface area contributed by atoms with Crippen LogP contribution in [-0.2, 0) is 11.2 Å². The van der Waals surface area contributed by atoms with E-state index in [4.69, 9.17) is 0 Å². The number of piperidine rings is 1. The van der Waals surface area contributed by atoms with Crippen LogP contribution in [0, 0.1) is 0 Å². The van der Waals surface area contributed by atoms with Crippen molar-refractivity contribution in [3.63, 3.8) is 0 Å². The van der Waals surface area contributed by atoms with Gasteiger partial charge in [0.15, 0.2) is 0 Å². The fraction of sp³-hybridized carbons (Fsp3) is 0.350. The molecule has 1 atom stereocenters. The Morgan fingerprint density at radius 1 is 1.09 bits per heavy atom. The highest BCUT2D eigenvalue weighted by Crippen LogP contribution is 2.25. The van der Waals surface area contributed by atoms with Gasteiger partial charge in [0.25, 0.3) is 0 Å². The summed E-state index contributed by atoms with van der Waals surface area (Å²) in [7, 11) is 0. The predicted octanol–water partition coefficient (Wildman–Crippen LogP) is 4.25. The number of carbonyl (C=O) groups is 1. The molecule has 1 fully saturated rings. The molecule has 1 aliphatic rings. The van der Waals surface area contributed by atoms with E-state index in [0.717, 1.165) is 17.8 Å². The highest BCUT2D eigenvalue weighted by atomic mass is 16.1. The first-order valence-electron chi connectivity index (χ1n) is 8.43. The third kappa shape index (κ3) is 4.13. The van der Waals surface area contributed by atoms with Crippen LogP contribution < -0.4 is 10.2 Å². The van der Waals surface area contributed by atoms with Crippen LogP contribution in [0.25, 0.3) is 0 Å². The largest absolute Gasteiger partial charge is 0.369 e. The zero-order chi connectivity index (χ0) is 16.1. The quantitative estimate of drug-likeness (QED) is 0.916. The molecule has 0 radical (unpaired) electrons. The summed E-state index contributed by atoms with van der Waals surface area (Å²) < 4.78 is 0. The molecule has 0 bridgehead atoms. The van der Waals surface area contributed by atoms with Crippen molar-refractivity contribution in [1.29, 1.82) is 0 Å². The van der Waals surface area contributed by atoms with Gasteiger partial charge in [-0.25, -0.2) is 0 Å². The lowest BCUT2D eigenvalue weighted by Gasteiger charge is -2.35. The zero-order valence-electron chi connectivity index (χ0n) is 13.7. The minimum atomic E-state index is 0.0234.